The summed E-state index contributed by atoms with van der Waals surface area (Å²) >= 11 is 0. The van der Waals surface area contributed by atoms with Gasteiger partial charge in [0.1, 0.15) is 0 Å². The maximum absolute atomic E-state index is 9.65. The van der Waals surface area contributed by atoms with Crippen molar-refractivity contribution < 1.29 is 5.11 Å². The molecule has 1 aromatic carbocycles. The summed E-state index contributed by atoms with van der Waals surface area (Å²) in [6, 6.07) is 8.63. The predicted molar refractivity (Wildman–Crippen MR) is 113 cm³/mol. The van der Waals surface area contributed by atoms with Gasteiger partial charge in [-0.15, -0.1) is 0 Å². The molecule has 1 unspecified atom stereocenters. The second-order valence-electron chi connectivity index (χ2n) is 8.93. The minimum absolute atomic E-state index is 0.295. The van der Waals surface area contributed by atoms with Gasteiger partial charge in [-0.05, 0) is 71.2 Å². The molecular weight excluding hydrogens is 334 g/mol. The Morgan fingerprint density at radius 2 is 1.81 bits per heavy atom. The highest BCUT2D eigenvalue weighted by atomic mass is 16.3. The van der Waals surface area contributed by atoms with Crippen LogP contribution in [0.15, 0.2) is 18.2 Å². The lowest BCUT2D eigenvalue weighted by Gasteiger charge is -2.48. The van der Waals surface area contributed by atoms with Crippen LogP contribution < -0.4 is 0 Å². The van der Waals surface area contributed by atoms with Crippen LogP contribution in [0.1, 0.15) is 49.8 Å². The molecule has 4 heteroatoms. The van der Waals surface area contributed by atoms with Crippen LogP contribution in [0.4, 0.5) is 0 Å². The highest BCUT2D eigenvalue weighted by Gasteiger charge is 2.33. The van der Waals surface area contributed by atoms with Crippen molar-refractivity contribution in [2.24, 2.45) is 0 Å². The van der Waals surface area contributed by atoms with Crippen LogP contribution in [-0.2, 0) is 6.54 Å². The molecule has 0 saturated carbocycles. The van der Waals surface area contributed by atoms with Gasteiger partial charge in [0, 0.05) is 50.9 Å². The molecule has 0 aliphatic carbocycles. The maximum Gasteiger partial charge on any atom is 0.0446 e. The van der Waals surface area contributed by atoms with Gasteiger partial charge in [0.2, 0.25) is 0 Å². The third-order valence-electron chi connectivity index (χ3n) is 6.67. The average Bonchev–Trinajstić information content (AvgIpc) is 2.65. The second-order valence-corrected chi connectivity index (χ2v) is 8.93. The van der Waals surface area contributed by atoms with E-state index in [-0.39, 0.29) is 0 Å². The fraction of sp³-hybridized carbons (Fsp3) is 0.739. The molecule has 1 atom stereocenters. The van der Waals surface area contributed by atoms with Crippen LogP contribution in [0.2, 0.25) is 0 Å². The van der Waals surface area contributed by atoms with Gasteiger partial charge in [0.15, 0.2) is 0 Å². The Balaban J connectivity index is 1.61. The van der Waals surface area contributed by atoms with E-state index in [0.29, 0.717) is 24.7 Å². The van der Waals surface area contributed by atoms with Crippen LogP contribution in [0.25, 0.3) is 0 Å². The Hall–Kier alpha value is -0.940. The van der Waals surface area contributed by atoms with Crippen molar-refractivity contribution in [2.75, 3.05) is 39.3 Å². The highest BCUT2D eigenvalue weighted by molar-refractivity contribution is 5.30. The summed E-state index contributed by atoms with van der Waals surface area (Å²) in [5, 5.41) is 9.65. The third kappa shape index (κ3) is 5.32. The fourth-order valence-electron chi connectivity index (χ4n) is 4.91. The van der Waals surface area contributed by atoms with Crippen molar-refractivity contribution in [1.82, 2.24) is 14.7 Å². The standard InChI is InChI=1S/C23H39N3O/c1-18(2)25-10-7-22(8-11-25)26-13-12-24(17-23(26)9-14-27)16-21-15-19(3)5-6-20(21)4/h5-6,15,18,22-23,27H,7-14,16-17H2,1-4H3. The molecule has 0 radical (unpaired) electrons. The average molecular weight is 374 g/mol. The molecule has 2 aliphatic rings. The molecule has 2 saturated heterocycles. The summed E-state index contributed by atoms with van der Waals surface area (Å²) in [6.07, 6.45) is 3.45. The fourth-order valence-corrected chi connectivity index (χ4v) is 4.91. The number of piperidine rings is 1. The SMILES string of the molecule is Cc1ccc(C)c(CN2CCN(C3CCN(C(C)C)CC3)C(CCO)C2)c1. The van der Waals surface area contributed by atoms with Crippen LogP contribution in [0.3, 0.4) is 0 Å². The van der Waals surface area contributed by atoms with Crippen molar-refractivity contribution in [2.45, 2.75) is 71.6 Å². The summed E-state index contributed by atoms with van der Waals surface area (Å²) in [4.78, 5) is 7.93. The Kier molecular flexibility index (Phi) is 7.32. The molecule has 4 nitrogen and oxygen atoms in total. The van der Waals surface area contributed by atoms with E-state index in [1.54, 1.807) is 0 Å². The first-order valence-electron chi connectivity index (χ1n) is 10.9. The quantitative estimate of drug-likeness (QED) is 0.830. The number of nitrogens with zero attached hydrogens (tertiary/aromatic N) is 3. The lowest BCUT2D eigenvalue weighted by molar-refractivity contribution is -0.0000785. The minimum Gasteiger partial charge on any atom is -0.396 e. The summed E-state index contributed by atoms with van der Waals surface area (Å²) in [7, 11) is 0. The molecule has 3 rings (SSSR count). The van der Waals surface area contributed by atoms with E-state index in [9.17, 15) is 5.11 Å². The number of piperazine rings is 1. The highest BCUT2D eigenvalue weighted by Crippen LogP contribution is 2.25. The molecule has 0 amide bonds. The zero-order chi connectivity index (χ0) is 19.4. The van der Waals surface area contributed by atoms with Gasteiger partial charge in [-0.1, -0.05) is 23.8 Å². The molecule has 1 aromatic rings. The molecule has 2 heterocycles. The summed E-state index contributed by atoms with van der Waals surface area (Å²) < 4.78 is 0. The van der Waals surface area contributed by atoms with Crippen molar-refractivity contribution in [1.29, 1.82) is 0 Å². The zero-order valence-corrected chi connectivity index (χ0v) is 17.8. The van der Waals surface area contributed by atoms with Crippen LogP contribution in [-0.4, -0.2) is 77.3 Å². The Morgan fingerprint density at radius 1 is 1.07 bits per heavy atom. The molecular formula is C23H39N3O. The van der Waals surface area contributed by atoms with E-state index in [1.165, 1.54) is 42.6 Å². The molecule has 0 spiro atoms. The lowest BCUT2D eigenvalue weighted by atomic mass is 9.97. The largest absolute Gasteiger partial charge is 0.396 e. The van der Waals surface area contributed by atoms with E-state index >= 15 is 0 Å². The van der Waals surface area contributed by atoms with Gasteiger partial charge in [-0.3, -0.25) is 9.80 Å². The monoisotopic (exact) mass is 373 g/mol. The van der Waals surface area contributed by atoms with Crippen molar-refractivity contribution in [3.63, 3.8) is 0 Å². The summed E-state index contributed by atoms with van der Waals surface area (Å²) in [6.45, 7) is 16.1. The molecule has 0 aromatic heterocycles. The summed E-state index contributed by atoms with van der Waals surface area (Å²) in [5.74, 6) is 0. The van der Waals surface area contributed by atoms with Gasteiger partial charge in [-0.25, -0.2) is 0 Å². The van der Waals surface area contributed by atoms with Gasteiger partial charge in [-0.2, -0.15) is 0 Å². The third-order valence-corrected chi connectivity index (χ3v) is 6.67. The molecule has 2 fully saturated rings. The van der Waals surface area contributed by atoms with Crippen molar-refractivity contribution >= 4 is 0 Å². The molecule has 0 bridgehead atoms. The molecule has 2 aliphatic heterocycles. The van der Waals surface area contributed by atoms with Gasteiger partial charge < -0.3 is 10.0 Å². The number of hydrogen-bond donors (Lipinski definition) is 1. The topological polar surface area (TPSA) is 30.0 Å². The van der Waals surface area contributed by atoms with Crippen LogP contribution >= 0.6 is 0 Å². The summed E-state index contributed by atoms with van der Waals surface area (Å²) in [5.41, 5.74) is 4.19. The van der Waals surface area contributed by atoms with Crippen molar-refractivity contribution in [3.8, 4) is 0 Å². The Labute approximate surface area is 166 Å². The van der Waals surface area contributed by atoms with E-state index in [4.69, 9.17) is 0 Å². The number of aliphatic hydroxyl groups excluding tert-OH is 1. The maximum atomic E-state index is 9.65. The van der Waals surface area contributed by atoms with Gasteiger partial charge in [0.25, 0.3) is 0 Å². The van der Waals surface area contributed by atoms with E-state index in [0.717, 1.165) is 32.6 Å². The molecule has 152 valence electrons. The first kappa shape index (κ1) is 20.8. The number of rotatable bonds is 6. The minimum atomic E-state index is 0.295. The van der Waals surface area contributed by atoms with Gasteiger partial charge >= 0.3 is 0 Å². The number of aliphatic hydroxyl groups is 1. The number of hydrogen-bond acceptors (Lipinski definition) is 4. The molecule has 1 N–H and O–H groups in total. The van der Waals surface area contributed by atoms with E-state index in [1.807, 2.05) is 0 Å². The number of aryl methyl sites for hydroxylation is 2. The van der Waals surface area contributed by atoms with Crippen LogP contribution in [0.5, 0.6) is 0 Å². The smallest absolute Gasteiger partial charge is 0.0446 e. The normalized spacial score (nSPS) is 24.0. The van der Waals surface area contributed by atoms with Crippen molar-refractivity contribution in [3.05, 3.63) is 34.9 Å². The Bertz CT molecular complexity index is 595. The molecule has 27 heavy (non-hydrogen) atoms. The lowest BCUT2D eigenvalue weighted by Crippen LogP contribution is -2.58. The Morgan fingerprint density at radius 3 is 2.48 bits per heavy atom. The predicted octanol–water partition coefficient (Wildman–Crippen LogP) is 3.04. The van der Waals surface area contributed by atoms with E-state index < -0.39 is 0 Å². The second kappa shape index (κ2) is 9.51. The van der Waals surface area contributed by atoms with Gasteiger partial charge in [0.05, 0.1) is 0 Å². The first-order chi connectivity index (χ1) is 13.0. The zero-order valence-electron chi connectivity index (χ0n) is 17.8. The first-order valence-corrected chi connectivity index (χ1v) is 10.9. The number of likely N-dealkylation sites (tertiary alicyclic amines) is 1. The van der Waals surface area contributed by atoms with Crippen LogP contribution in [0, 0.1) is 13.8 Å². The van der Waals surface area contributed by atoms with E-state index in [2.05, 4.69) is 60.6 Å². The number of benzene rings is 1.